The second-order valence-corrected chi connectivity index (χ2v) is 8.64. The first-order chi connectivity index (χ1) is 12.5. The molecule has 0 saturated carbocycles. The van der Waals surface area contributed by atoms with Crippen molar-refractivity contribution < 1.29 is 4.79 Å². The van der Waals surface area contributed by atoms with Gasteiger partial charge in [0.25, 0.3) is 5.91 Å². The maximum Gasteiger partial charge on any atom is 0.274 e. The van der Waals surface area contributed by atoms with E-state index in [-0.39, 0.29) is 11.4 Å². The van der Waals surface area contributed by atoms with Crippen LogP contribution in [0.2, 0.25) is 0 Å². The molecule has 0 bridgehead atoms. The number of anilines is 2. The van der Waals surface area contributed by atoms with Crippen LogP contribution >= 0.6 is 0 Å². The minimum atomic E-state index is -0.215. The van der Waals surface area contributed by atoms with Gasteiger partial charge in [-0.25, -0.2) is 9.97 Å². The van der Waals surface area contributed by atoms with Crippen LogP contribution < -0.4 is 10.6 Å². The molecule has 27 heavy (non-hydrogen) atoms. The molecule has 5 heteroatoms. The summed E-state index contributed by atoms with van der Waals surface area (Å²) in [6.45, 7) is 16.5. The average Bonchev–Trinajstić information content (AvgIpc) is 2.52. The highest BCUT2D eigenvalue weighted by Crippen LogP contribution is 2.32. The molecule has 0 unspecified atom stereocenters. The summed E-state index contributed by atoms with van der Waals surface area (Å²) in [4.78, 5) is 21.7. The molecule has 1 aromatic heterocycles. The Morgan fingerprint density at radius 2 is 1.56 bits per heavy atom. The van der Waals surface area contributed by atoms with E-state index < -0.39 is 0 Å². The molecule has 1 aromatic carbocycles. The molecule has 1 heterocycles. The zero-order chi connectivity index (χ0) is 20.4. The maximum atomic E-state index is 13.0. The van der Waals surface area contributed by atoms with E-state index in [1.807, 2.05) is 0 Å². The van der Waals surface area contributed by atoms with Crippen LogP contribution in [-0.2, 0) is 0 Å². The van der Waals surface area contributed by atoms with Gasteiger partial charge in [0.05, 0.1) is 0 Å². The van der Waals surface area contributed by atoms with E-state index in [9.17, 15) is 4.79 Å². The number of rotatable bonds is 5. The fourth-order valence-corrected chi connectivity index (χ4v) is 3.01. The first kappa shape index (κ1) is 20.9. The van der Waals surface area contributed by atoms with Crippen LogP contribution in [0, 0.1) is 6.92 Å². The fourth-order valence-electron chi connectivity index (χ4n) is 3.01. The SMILES string of the molecule is Cc1nc(NC(C)(C)C)cc(C(=O)Nc2c(C(C)C)cccc2C(C)C)n1. The number of aromatic nitrogens is 2. The molecule has 146 valence electrons. The summed E-state index contributed by atoms with van der Waals surface area (Å²) in [5, 5.41) is 6.43. The third-order valence-electron chi connectivity index (χ3n) is 4.19. The first-order valence-corrected chi connectivity index (χ1v) is 9.56. The van der Waals surface area contributed by atoms with Gasteiger partial charge in [-0.1, -0.05) is 45.9 Å². The standard InChI is InChI=1S/C22H32N4O/c1-13(2)16-10-9-11-17(14(3)4)20(16)25-21(27)18-12-19(24-15(5)23-18)26-22(6,7)8/h9-14H,1-8H3,(H,25,27)(H,23,24,26). The van der Waals surface area contributed by atoms with Gasteiger partial charge in [0.2, 0.25) is 0 Å². The van der Waals surface area contributed by atoms with Gasteiger partial charge in [-0.2, -0.15) is 0 Å². The van der Waals surface area contributed by atoms with Gasteiger partial charge in [-0.05, 0) is 50.7 Å². The molecular formula is C22H32N4O. The third kappa shape index (κ3) is 5.52. The van der Waals surface area contributed by atoms with Crippen LogP contribution in [0.5, 0.6) is 0 Å². The Kier molecular flexibility index (Phi) is 6.24. The maximum absolute atomic E-state index is 13.0. The Morgan fingerprint density at radius 3 is 2.04 bits per heavy atom. The minimum absolute atomic E-state index is 0.149. The van der Waals surface area contributed by atoms with E-state index in [1.165, 1.54) is 0 Å². The van der Waals surface area contributed by atoms with Crippen molar-refractivity contribution in [3.8, 4) is 0 Å². The third-order valence-corrected chi connectivity index (χ3v) is 4.19. The lowest BCUT2D eigenvalue weighted by molar-refractivity contribution is 0.102. The molecule has 5 nitrogen and oxygen atoms in total. The van der Waals surface area contributed by atoms with Gasteiger partial charge in [0.15, 0.2) is 0 Å². The molecule has 0 saturated heterocycles. The number of nitrogens with one attached hydrogen (secondary N) is 2. The second kappa shape index (κ2) is 8.07. The zero-order valence-electron chi connectivity index (χ0n) is 17.8. The molecule has 0 aliphatic rings. The quantitative estimate of drug-likeness (QED) is 0.732. The summed E-state index contributed by atoms with van der Waals surface area (Å²) >= 11 is 0. The normalized spacial score (nSPS) is 11.8. The molecule has 0 spiro atoms. The second-order valence-electron chi connectivity index (χ2n) is 8.64. The Balaban J connectivity index is 2.41. The number of benzene rings is 1. The molecular weight excluding hydrogens is 336 g/mol. The van der Waals surface area contributed by atoms with Crippen molar-refractivity contribution in [2.45, 2.75) is 72.8 Å². The Labute approximate surface area is 163 Å². The van der Waals surface area contributed by atoms with Gasteiger partial charge >= 0.3 is 0 Å². The number of hydrogen-bond acceptors (Lipinski definition) is 4. The molecule has 0 aliphatic heterocycles. The average molecular weight is 369 g/mol. The lowest BCUT2D eigenvalue weighted by Crippen LogP contribution is -2.27. The fraction of sp³-hybridized carbons (Fsp3) is 0.500. The predicted octanol–water partition coefficient (Wildman–Crippen LogP) is 5.49. The van der Waals surface area contributed by atoms with Gasteiger partial charge in [0, 0.05) is 17.3 Å². The highest BCUT2D eigenvalue weighted by atomic mass is 16.1. The molecule has 0 atom stereocenters. The van der Waals surface area contributed by atoms with Gasteiger partial charge in [-0.15, -0.1) is 0 Å². The van der Waals surface area contributed by atoms with Crippen molar-refractivity contribution in [1.29, 1.82) is 0 Å². The highest BCUT2D eigenvalue weighted by molar-refractivity contribution is 6.04. The van der Waals surface area contributed by atoms with Crippen LogP contribution in [0.4, 0.5) is 11.5 Å². The van der Waals surface area contributed by atoms with E-state index in [1.54, 1.807) is 13.0 Å². The summed E-state index contributed by atoms with van der Waals surface area (Å²) in [5.41, 5.74) is 3.38. The van der Waals surface area contributed by atoms with Crippen LogP contribution in [0.15, 0.2) is 24.3 Å². The Morgan fingerprint density at radius 1 is 1.00 bits per heavy atom. The van der Waals surface area contributed by atoms with Crippen molar-refractivity contribution in [1.82, 2.24) is 9.97 Å². The topological polar surface area (TPSA) is 66.9 Å². The number of para-hydroxylation sites is 1. The van der Waals surface area contributed by atoms with Gasteiger partial charge < -0.3 is 10.6 Å². The van der Waals surface area contributed by atoms with E-state index in [0.717, 1.165) is 16.8 Å². The number of hydrogen-bond donors (Lipinski definition) is 2. The Hall–Kier alpha value is -2.43. The van der Waals surface area contributed by atoms with Crippen LogP contribution in [0.1, 0.15) is 87.7 Å². The monoisotopic (exact) mass is 368 g/mol. The molecule has 2 N–H and O–H groups in total. The Bertz CT molecular complexity index is 793. The number of carbonyl (C=O) groups excluding carboxylic acids is 1. The van der Waals surface area contributed by atoms with E-state index in [4.69, 9.17) is 0 Å². The van der Waals surface area contributed by atoms with E-state index >= 15 is 0 Å². The summed E-state index contributed by atoms with van der Waals surface area (Å²) < 4.78 is 0. The summed E-state index contributed by atoms with van der Waals surface area (Å²) in [7, 11) is 0. The number of amides is 1. The van der Waals surface area contributed by atoms with Crippen molar-refractivity contribution in [3.05, 3.63) is 46.9 Å². The molecule has 2 aromatic rings. The van der Waals surface area contributed by atoms with Crippen LogP contribution in [0.25, 0.3) is 0 Å². The number of carbonyl (C=O) groups is 1. The summed E-state index contributed by atoms with van der Waals surface area (Å²) in [6.07, 6.45) is 0. The van der Waals surface area contributed by atoms with Gasteiger partial charge in [-0.3, -0.25) is 4.79 Å². The lowest BCUT2D eigenvalue weighted by Gasteiger charge is -2.22. The van der Waals surface area contributed by atoms with Crippen molar-refractivity contribution in [3.63, 3.8) is 0 Å². The largest absolute Gasteiger partial charge is 0.365 e. The first-order valence-electron chi connectivity index (χ1n) is 9.56. The smallest absolute Gasteiger partial charge is 0.274 e. The molecule has 0 aliphatic carbocycles. The lowest BCUT2D eigenvalue weighted by atomic mass is 9.92. The van der Waals surface area contributed by atoms with E-state index in [2.05, 4.69) is 87.3 Å². The van der Waals surface area contributed by atoms with Crippen molar-refractivity contribution in [2.75, 3.05) is 10.6 Å². The van der Waals surface area contributed by atoms with Crippen molar-refractivity contribution >= 4 is 17.4 Å². The molecule has 0 fully saturated rings. The van der Waals surface area contributed by atoms with Crippen LogP contribution in [0.3, 0.4) is 0 Å². The number of aryl methyl sites for hydroxylation is 1. The molecule has 2 rings (SSSR count). The molecule has 1 amide bonds. The van der Waals surface area contributed by atoms with Crippen molar-refractivity contribution in [2.24, 2.45) is 0 Å². The van der Waals surface area contributed by atoms with Crippen LogP contribution in [-0.4, -0.2) is 21.4 Å². The summed E-state index contributed by atoms with van der Waals surface area (Å²) in [5.74, 6) is 1.62. The minimum Gasteiger partial charge on any atom is -0.365 e. The highest BCUT2D eigenvalue weighted by Gasteiger charge is 2.19. The number of nitrogens with zero attached hydrogens (tertiary/aromatic N) is 2. The van der Waals surface area contributed by atoms with Gasteiger partial charge in [0.1, 0.15) is 17.3 Å². The van der Waals surface area contributed by atoms with E-state index in [0.29, 0.717) is 29.2 Å². The molecule has 0 radical (unpaired) electrons. The summed E-state index contributed by atoms with van der Waals surface area (Å²) in [6, 6.07) is 7.91. The predicted molar refractivity (Wildman–Crippen MR) is 113 cm³/mol. The zero-order valence-corrected chi connectivity index (χ0v) is 17.8.